The lowest BCUT2D eigenvalue weighted by molar-refractivity contribution is 0.389. The zero-order chi connectivity index (χ0) is 7.73. The molecule has 1 saturated heterocycles. The lowest BCUT2D eigenvalue weighted by Gasteiger charge is -2.22. The number of nitrogens with one attached hydrogen (secondary N) is 1. The molecule has 11 heavy (non-hydrogen) atoms. The van der Waals surface area contributed by atoms with Crippen molar-refractivity contribution in [1.82, 2.24) is 5.32 Å². The molecule has 64 valence electrons. The average molecular weight is 171 g/mol. The first-order valence-corrected chi connectivity index (χ1v) is 5.91. The van der Waals surface area contributed by atoms with Gasteiger partial charge >= 0.3 is 0 Å². The fourth-order valence-corrected chi connectivity index (χ4v) is 3.25. The maximum Gasteiger partial charge on any atom is 0.0193 e. The highest BCUT2D eigenvalue weighted by Crippen LogP contribution is 2.39. The molecular formula is C9H17NS. The molecule has 1 spiro atoms. The van der Waals surface area contributed by atoms with E-state index < -0.39 is 0 Å². The van der Waals surface area contributed by atoms with E-state index in [0.717, 1.165) is 5.25 Å². The van der Waals surface area contributed by atoms with Crippen LogP contribution in [0.2, 0.25) is 0 Å². The Hall–Kier alpha value is 0.310. The molecule has 0 amide bonds. The van der Waals surface area contributed by atoms with Crippen molar-refractivity contribution >= 4 is 11.8 Å². The van der Waals surface area contributed by atoms with Crippen LogP contribution in [0.3, 0.4) is 0 Å². The minimum absolute atomic E-state index is 0.591. The second-order valence-electron chi connectivity index (χ2n) is 3.93. The Balaban J connectivity index is 1.96. The van der Waals surface area contributed by atoms with Crippen molar-refractivity contribution in [3.8, 4) is 0 Å². The zero-order valence-corrected chi connectivity index (χ0v) is 8.04. The van der Waals surface area contributed by atoms with Crippen molar-refractivity contribution in [2.75, 3.05) is 12.8 Å². The maximum absolute atomic E-state index is 3.71. The quantitative estimate of drug-likeness (QED) is 0.648. The molecule has 1 aliphatic carbocycles. The Morgan fingerprint density at radius 1 is 1.36 bits per heavy atom. The summed E-state index contributed by atoms with van der Waals surface area (Å²) in [5, 5.41) is 4.61. The van der Waals surface area contributed by atoms with E-state index in [2.05, 4.69) is 11.6 Å². The van der Waals surface area contributed by atoms with Crippen LogP contribution in [0.15, 0.2) is 0 Å². The van der Waals surface area contributed by atoms with Crippen LogP contribution in [0.4, 0.5) is 0 Å². The van der Waals surface area contributed by atoms with Crippen molar-refractivity contribution in [2.24, 2.45) is 0 Å². The molecule has 2 aliphatic rings. The van der Waals surface area contributed by atoms with Crippen LogP contribution in [0.5, 0.6) is 0 Å². The number of hydrogen-bond donors (Lipinski definition) is 1. The molecule has 0 aromatic carbocycles. The predicted molar refractivity (Wildman–Crippen MR) is 51.1 cm³/mol. The van der Waals surface area contributed by atoms with Crippen LogP contribution >= 0.6 is 11.8 Å². The van der Waals surface area contributed by atoms with Gasteiger partial charge in [0.15, 0.2) is 0 Å². The van der Waals surface area contributed by atoms with Crippen molar-refractivity contribution in [2.45, 2.75) is 42.9 Å². The Bertz CT molecular complexity index is 140. The van der Waals surface area contributed by atoms with E-state index in [1.807, 2.05) is 11.8 Å². The highest BCUT2D eigenvalue weighted by Gasteiger charge is 2.40. The minimum Gasteiger partial charge on any atom is -0.310 e. The smallest absolute Gasteiger partial charge is 0.0193 e. The Morgan fingerprint density at radius 3 is 2.64 bits per heavy atom. The molecule has 1 nitrogen and oxygen atoms in total. The highest BCUT2D eigenvalue weighted by molar-refractivity contribution is 7.99. The fraction of sp³-hybridized carbons (Fsp3) is 1.00. The summed E-state index contributed by atoms with van der Waals surface area (Å²) in [7, 11) is 0. The Kier molecular flexibility index (Phi) is 2.15. The highest BCUT2D eigenvalue weighted by atomic mass is 32.2. The van der Waals surface area contributed by atoms with Gasteiger partial charge in [0.05, 0.1) is 0 Å². The number of hydrogen-bond acceptors (Lipinski definition) is 2. The minimum atomic E-state index is 0.591. The first-order valence-electron chi connectivity index (χ1n) is 4.62. The van der Waals surface area contributed by atoms with Crippen molar-refractivity contribution < 1.29 is 0 Å². The first kappa shape index (κ1) is 7.93. The van der Waals surface area contributed by atoms with Gasteiger partial charge in [-0.25, -0.2) is 0 Å². The van der Waals surface area contributed by atoms with Gasteiger partial charge in [-0.3, -0.25) is 0 Å². The summed E-state index contributed by atoms with van der Waals surface area (Å²) in [6.45, 7) is 1.25. The van der Waals surface area contributed by atoms with E-state index in [4.69, 9.17) is 0 Å². The van der Waals surface area contributed by atoms with Gasteiger partial charge in [-0.2, -0.15) is 11.8 Å². The van der Waals surface area contributed by atoms with Crippen LogP contribution < -0.4 is 5.32 Å². The molecule has 1 heterocycles. The standard InChI is InChI=1S/C9H17NS/c1-11-8-6-9(10-7-8)4-2-3-5-9/h8,10H,2-7H2,1H3. The zero-order valence-electron chi connectivity index (χ0n) is 7.23. The summed E-state index contributed by atoms with van der Waals surface area (Å²) in [6.07, 6.45) is 9.44. The molecule has 1 N–H and O–H groups in total. The summed E-state index contributed by atoms with van der Waals surface area (Å²) in [5.41, 5.74) is 0.591. The van der Waals surface area contributed by atoms with Gasteiger partial charge in [0, 0.05) is 17.3 Å². The second kappa shape index (κ2) is 2.98. The Labute approximate surface area is 73.3 Å². The Morgan fingerprint density at radius 2 is 2.09 bits per heavy atom. The van der Waals surface area contributed by atoms with Crippen LogP contribution in [-0.4, -0.2) is 23.6 Å². The molecule has 2 heteroatoms. The number of rotatable bonds is 1. The molecular weight excluding hydrogens is 154 g/mol. The van der Waals surface area contributed by atoms with Gasteiger partial charge in [0.1, 0.15) is 0 Å². The van der Waals surface area contributed by atoms with Gasteiger partial charge < -0.3 is 5.32 Å². The van der Waals surface area contributed by atoms with Gasteiger partial charge in [-0.05, 0) is 25.5 Å². The summed E-state index contributed by atoms with van der Waals surface area (Å²) < 4.78 is 0. The number of thioether (sulfide) groups is 1. The molecule has 0 radical (unpaired) electrons. The molecule has 0 bridgehead atoms. The van der Waals surface area contributed by atoms with E-state index in [1.165, 1.54) is 38.6 Å². The van der Waals surface area contributed by atoms with Gasteiger partial charge in [-0.15, -0.1) is 0 Å². The monoisotopic (exact) mass is 171 g/mol. The third-order valence-electron chi connectivity index (χ3n) is 3.22. The van der Waals surface area contributed by atoms with Gasteiger partial charge in [0.2, 0.25) is 0 Å². The summed E-state index contributed by atoms with van der Waals surface area (Å²) in [5.74, 6) is 0. The van der Waals surface area contributed by atoms with Gasteiger partial charge in [-0.1, -0.05) is 12.8 Å². The van der Waals surface area contributed by atoms with E-state index in [1.54, 1.807) is 0 Å². The summed E-state index contributed by atoms with van der Waals surface area (Å²) in [4.78, 5) is 0. The van der Waals surface area contributed by atoms with E-state index in [9.17, 15) is 0 Å². The molecule has 2 rings (SSSR count). The summed E-state index contributed by atoms with van der Waals surface area (Å²) >= 11 is 2.03. The normalized spacial score (nSPS) is 35.2. The average Bonchev–Trinajstić information content (AvgIpc) is 2.62. The molecule has 1 aliphatic heterocycles. The van der Waals surface area contributed by atoms with Crippen LogP contribution in [0.25, 0.3) is 0 Å². The molecule has 0 aromatic rings. The third-order valence-corrected chi connectivity index (χ3v) is 4.22. The molecule has 1 atom stereocenters. The third kappa shape index (κ3) is 1.43. The predicted octanol–water partition coefficient (Wildman–Crippen LogP) is 2.02. The molecule has 0 aromatic heterocycles. The first-order chi connectivity index (χ1) is 5.35. The lowest BCUT2D eigenvalue weighted by Crippen LogP contribution is -2.35. The molecule has 1 saturated carbocycles. The van der Waals surface area contributed by atoms with Crippen LogP contribution in [0.1, 0.15) is 32.1 Å². The molecule has 1 unspecified atom stereocenters. The van der Waals surface area contributed by atoms with Gasteiger partial charge in [0.25, 0.3) is 0 Å². The SMILES string of the molecule is CSC1CNC2(CCCC2)C1. The fourth-order valence-electron chi connectivity index (χ4n) is 2.51. The second-order valence-corrected chi connectivity index (χ2v) is 5.07. The van der Waals surface area contributed by atoms with Crippen molar-refractivity contribution in [3.05, 3.63) is 0 Å². The topological polar surface area (TPSA) is 12.0 Å². The van der Waals surface area contributed by atoms with E-state index >= 15 is 0 Å². The lowest BCUT2D eigenvalue weighted by atomic mass is 9.96. The largest absolute Gasteiger partial charge is 0.310 e. The van der Waals surface area contributed by atoms with E-state index in [-0.39, 0.29) is 0 Å². The van der Waals surface area contributed by atoms with Crippen molar-refractivity contribution in [1.29, 1.82) is 0 Å². The van der Waals surface area contributed by atoms with Crippen LogP contribution in [-0.2, 0) is 0 Å². The summed E-state index contributed by atoms with van der Waals surface area (Å²) in [6, 6.07) is 0. The van der Waals surface area contributed by atoms with Crippen molar-refractivity contribution in [3.63, 3.8) is 0 Å². The maximum atomic E-state index is 3.71. The van der Waals surface area contributed by atoms with Crippen LogP contribution in [0, 0.1) is 0 Å². The van der Waals surface area contributed by atoms with E-state index in [0.29, 0.717) is 5.54 Å². The molecule has 2 fully saturated rings.